The molecule has 1 heterocycles. The van der Waals surface area contributed by atoms with E-state index in [1.54, 1.807) is 33.1 Å². The smallest absolute Gasteiger partial charge is 0.251 e. The fourth-order valence-corrected chi connectivity index (χ4v) is 3.13. The number of amides is 2. The summed E-state index contributed by atoms with van der Waals surface area (Å²) in [5, 5.41) is 8.58. The van der Waals surface area contributed by atoms with Gasteiger partial charge in [-0.1, -0.05) is 6.08 Å². The first-order valence-corrected chi connectivity index (χ1v) is 8.98. The molecule has 2 rings (SSSR count). The summed E-state index contributed by atoms with van der Waals surface area (Å²) in [4.78, 5) is 23.7. The Morgan fingerprint density at radius 1 is 1.37 bits per heavy atom. The molecule has 0 spiro atoms. The Morgan fingerprint density at radius 3 is 2.67 bits per heavy atom. The van der Waals surface area contributed by atoms with Crippen molar-refractivity contribution >= 4 is 11.8 Å². The van der Waals surface area contributed by atoms with Gasteiger partial charge >= 0.3 is 0 Å². The highest BCUT2D eigenvalue weighted by atomic mass is 19.1. The van der Waals surface area contributed by atoms with Crippen LogP contribution in [0, 0.1) is 0 Å². The largest absolute Gasteiger partial charge is 0.497 e. The minimum atomic E-state index is -1.32. The van der Waals surface area contributed by atoms with Gasteiger partial charge in [0.15, 0.2) is 0 Å². The highest BCUT2D eigenvalue weighted by Gasteiger charge is 2.27. The molecule has 0 fully saturated rings. The zero-order chi connectivity index (χ0) is 20.2. The Bertz CT molecular complexity index is 742. The molecule has 1 atom stereocenters. The Balaban J connectivity index is 2.00. The van der Waals surface area contributed by atoms with Crippen LogP contribution >= 0.6 is 0 Å². The summed E-state index contributed by atoms with van der Waals surface area (Å²) in [7, 11) is 1.57. The molecule has 148 valence electrons. The first-order chi connectivity index (χ1) is 12.6. The van der Waals surface area contributed by atoms with Crippen LogP contribution in [0.3, 0.4) is 0 Å². The minimum Gasteiger partial charge on any atom is -0.497 e. The molecule has 0 aromatic carbocycles. The second-order valence-corrected chi connectivity index (χ2v) is 7.44. The third kappa shape index (κ3) is 5.98. The number of ether oxygens (including phenoxy) is 1. The molecule has 6 nitrogen and oxygen atoms in total. The van der Waals surface area contributed by atoms with Gasteiger partial charge in [0.05, 0.1) is 7.11 Å². The summed E-state index contributed by atoms with van der Waals surface area (Å²) in [6.45, 7) is 6.84. The molecule has 0 aromatic heterocycles. The molecular weight excluding hydrogens is 349 g/mol. The summed E-state index contributed by atoms with van der Waals surface area (Å²) < 4.78 is 19.4. The van der Waals surface area contributed by atoms with Crippen LogP contribution in [0.4, 0.5) is 4.39 Å². The van der Waals surface area contributed by atoms with E-state index in [0.717, 1.165) is 11.1 Å². The molecule has 2 aliphatic rings. The molecule has 27 heavy (non-hydrogen) atoms. The Kier molecular flexibility index (Phi) is 6.46. The third-order valence-electron chi connectivity index (χ3n) is 4.33. The summed E-state index contributed by atoms with van der Waals surface area (Å²) in [5.41, 5.74) is 1.03. The Hall–Kier alpha value is -2.57. The summed E-state index contributed by atoms with van der Waals surface area (Å²) in [5.74, 6) is 0.733. The van der Waals surface area contributed by atoms with E-state index in [-0.39, 0.29) is 24.3 Å². The lowest BCUT2D eigenvalue weighted by molar-refractivity contribution is -0.119. The third-order valence-corrected chi connectivity index (χ3v) is 4.33. The summed E-state index contributed by atoms with van der Waals surface area (Å²) >= 11 is 0. The van der Waals surface area contributed by atoms with Gasteiger partial charge in [-0.15, -0.1) is 0 Å². The topological polar surface area (TPSA) is 79.5 Å². The molecule has 0 aromatic rings. The maximum absolute atomic E-state index is 14.0. The number of hydrogen-bond donors (Lipinski definition) is 3. The predicted octanol–water partition coefficient (Wildman–Crippen LogP) is 2.37. The second kappa shape index (κ2) is 8.41. The molecule has 1 aliphatic heterocycles. The molecule has 1 unspecified atom stereocenters. The molecule has 7 heteroatoms. The fourth-order valence-electron chi connectivity index (χ4n) is 3.13. The zero-order valence-electron chi connectivity index (χ0n) is 16.5. The molecule has 0 saturated heterocycles. The van der Waals surface area contributed by atoms with Crippen LogP contribution in [0.25, 0.3) is 0 Å². The molecular formula is C20H28FN3O3. The number of alkyl halides is 1. The first-order valence-electron chi connectivity index (χ1n) is 8.98. The average molecular weight is 377 g/mol. The summed E-state index contributed by atoms with van der Waals surface area (Å²) in [6, 6.07) is -0.226. The van der Waals surface area contributed by atoms with E-state index in [9.17, 15) is 14.0 Å². The van der Waals surface area contributed by atoms with Crippen molar-refractivity contribution in [2.75, 3.05) is 13.7 Å². The number of dihydropyridines is 1. The van der Waals surface area contributed by atoms with Gasteiger partial charge < -0.3 is 20.7 Å². The second-order valence-electron chi connectivity index (χ2n) is 7.44. The van der Waals surface area contributed by atoms with Crippen molar-refractivity contribution in [3.63, 3.8) is 0 Å². The van der Waals surface area contributed by atoms with E-state index >= 15 is 0 Å². The highest BCUT2D eigenvalue weighted by Crippen LogP contribution is 2.34. The van der Waals surface area contributed by atoms with Gasteiger partial charge in [-0.05, 0) is 50.5 Å². The lowest BCUT2D eigenvalue weighted by atomic mass is 9.96. The lowest BCUT2D eigenvalue weighted by Crippen LogP contribution is -2.37. The van der Waals surface area contributed by atoms with Gasteiger partial charge in [0.25, 0.3) is 5.91 Å². The van der Waals surface area contributed by atoms with Gasteiger partial charge in [0.2, 0.25) is 5.91 Å². The van der Waals surface area contributed by atoms with E-state index in [2.05, 4.69) is 16.0 Å². The van der Waals surface area contributed by atoms with Crippen molar-refractivity contribution in [1.29, 1.82) is 0 Å². The van der Waals surface area contributed by atoms with Gasteiger partial charge in [-0.3, -0.25) is 9.59 Å². The van der Waals surface area contributed by atoms with E-state index in [1.807, 2.05) is 13.0 Å². The van der Waals surface area contributed by atoms with Crippen LogP contribution in [0.2, 0.25) is 0 Å². The average Bonchev–Trinajstić information content (AvgIpc) is 2.95. The maximum atomic E-state index is 14.0. The van der Waals surface area contributed by atoms with Crippen LogP contribution in [0.15, 0.2) is 46.5 Å². The van der Waals surface area contributed by atoms with E-state index in [4.69, 9.17) is 4.74 Å². The number of methoxy groups -OCH3 is 1. The predicted molar refractivity (Wildman–Crippen MR) is 102 cm³/mol. The van der Waals surface area contributed by atoms with Gasteiger partial charge in [0.1, 0.15) is 17.2 Å². The van der Waals surface area contributed by atoms with Crippen molar-refractivity contribution in [2.24, 2.45) is 0 Å². The number of rotatable bonds is 7. The van der Waals surface area contributed by atoms with Crippen LogP contribution in [0.1, 0.15) is 40.5 Å². The number of carbonyl (C=O) groups is 2. The number of carbonyl (C=O) groups excluding carboxylic acids is 2. The normalized spacial score (nSPS) is 18.1. The maximum Gasteiger partial charge on any atom is 0.251 e. The summed E-state index contributed by atoms with van der Waals surface area (Å²) in [6.07, 6.45) is 6.10. The van der Waals surface area contributed by atoms with Crippen LogP contribution in [0.5, 0.6) is 0 Å². The van der Waals surface area contributed by atoms with Gasteiger partial charge in [-0.25, -0.2) is 4.39 Å². The molecule has 2 amide bonds. The molecule has 3 N–H and O–H groups in total. The molecule has 0 radical (unpaired) electrons. The molecule has 0 bridgehead atoms. The van der Waals surface area contributed by atoms with Gasteiger partial charge in [-0.2, -0.15) is 0 Å². The van der Waals surface area contributed by atoms with Crippen molar-refractivity contribution in [3.8, 4) is 0 Å². The zero-order valence-corrected chi connectivity index (χ0v) is 16.5. The molecule has 1 aliphatic carbocycles. The number of halogens is 1. The van der Waals surface area contributed by atoms with E-state index < -0.39 is 5.67 Å². The first kappa shape index (κ1) is 20.7. The lowest BCUT2D eigenvalue weighted by Gasteiger charge is -2.20. The number of allylic oxidation sites excluding steroid dienone is 2. The Labute approximate surface area is 159 Å². The fraction of sp³-hybridized carbons (Fsp3) is 0.500. The number of hydrogen-bond acceptors (Lipinski definition) is 4. The van der Waals surface area contributed by atoms with Crippen molar-refractivity contribution in [1.82, 2.24) is 16.0 Å². The minimum absolute atomic E-state index is 0.207. The van der Waals surface area contributed by atoms with Crippen molar-refractivity contribution in [2.45, 2.75) is 52.2 Å². The van der Waals surface area contributed by atoms with E-state index in [0.29, 0.717) is 30.1 Å². The van der Waals surface area contributed by atoms with Crippen LogP contribution in [-0.4, -0.2) is 37.2 Å². The van der Waals surface area contributed by atoms with Crippen LogP contribution < -0.4 is 16.0 Å². The number of nitrogens with one attached hydrogen (secondary N) is 3. The van der Waals surface area contributed by atoms with Crippen LogP contribution in [-0.2, 0) is 14.3 Å². The monoisotopic (exact) mass is 377 g/mol. The Morgan fingerprint density at radius 2 is 2.07 bits per heavy atom. The van der Waals surface area contributed by atoms with E-state index in [1.165, 1.54) is 6.92 Å². The molecule has 0 saturated carbocycles. The standard InChI is InChI=1S/C20H28FN3O3/c1-12(15-8-16(11-20(3,4)21)17(9-15)27-5)23-19(26)14-6-7-22-18(10-14)24-13(2)25/h6,9-10,12,22H,7-8,11H2,1-5H3,(H,23,26)(H,24,25). The van der Waals surface area contributed by atoms with Crippen molar-refractivity contribution < 1.29 is 18.7 Å². The van der Waals surface area contributed by atoms with Gasteiger partial charge in [0, 0.05) is 31.5 Å². The van der Waals surface area contributed by atoms with Crippen molar-refractivity contribution in [3.05, 3.63) is 46.5 Å². The quantitative estimate of drug-likeness (QED) is 0.636. The SMILES string of the molecule is COC1=C(CC(C)(C)F)CC(C(C)NC(=O)C2=CCNC(NC(C)=O)=C2)=C1. The highest BCUT2D eigenvalue weighted by molar-refractivity contribution is 5.97.